The molecule has 0 aliphatic rings. The molecule has 3 rings (SSSR count). The summed E-state index contributed by atoms with van der Waals surface area (Å²) in [6.07, 6.45) is 3.69. The normalized spacial score (nSPS) is 10.8. The zero-order valence-electron chi connectivity index (χ0n) is 10.4. The first-order valence-electron chi connectivity index (χ1n) is 5.84. The molecule has 2 aromatic heterocycles. The number of hydrogen-bond acceptors (Lipinski definition) is 3. The van der Waals surface area contributed by atoms with Gasteiger partial charge in [0.05, 0.1) is 5.69 Å². The lowest BCUT2D eigenvalue weighted by Gasteiger charge is -2.06. The maximum atomic E-state index is 4.31. The molecule has 0 radical (unpaired) electrons. The van der Waals surface area contributed by atoms with E-state index in [4.69, 9.17) is 0 Å². The van der Waals surface area contributed by atoms with Crippen molar-refractivity contribution in [2.24, 2.45) is 7.05 Å². The van der Waals surface area contributed by atoms with Crippen LogP contribution in [0.3, 0.4) is 0 Å². The molecule has 90 valence electrons. The molecular formula is C14H14N4. The fourth-order valence-corrected chi connectivity index (χ4v) is 2.09. The maximum Gasteiger partial charge on any atom is 0.126 e. The van der Waals surface area contributed by atoms with Crippen LogP contribution in [0.5, 0.6) is 0 Å². The highest BCUT2D eigenvalue weighted by Gasteiger charge is 2.04. The van der Waals surface area contributed by atoms with Gasteiger partial charge in [0.1, 0.15) is 5.82 Å². The fourth-order valence-electron chi connectivity index (χ4n) is 2.09. The molecule has 2 heterocycles. The van der Waals surface area contributed by atoms with E-state index >= 15 is 0 Å². The van der Waals surface area contributed by atoms with E-state index in [2.05, 4.69) is 39.7 Å². The summed E-state index contributed by atoms with van der Waals surface area (Å²) in [5.74, 6) is 0.879. The quantitative estimate of drug-likeness (QED) is 0.746. The van der Waals surface area contributed by atoms with E-state index in [0.717, 1.165) is 22.5 Å². The number of pyridine rings is 1. The van der Waals surface area contributed by atoms with Crippen LogP contribution in [-0.4, -0.2) is 21.8 Å². The molecule has 0 spiro atoms. The summed E-state index contributed by atoms with van der Waals surface area (Å²) < 4.78 is 1.88. The van der Waals surface area contributed by atoms with Crippen molar-refractivity contribution < 1.29 is 0 Å². The van der Waals surface area contributed by atoms with E-state index in [1.807, 2.05) is 37.2 Å². The van der Waals surface area contributed by atoms with Crippen molar-refractivity contribution >= 4 is 16.6 Å². The lowest BCUT2D eigenvalue weighted by Crippen LogP contribution is -1.94. The Morgan fingerprint density at radius 2 is 2.00 bits per heavy atom. The van der Waals surface area contributed by atoms with Crippen LogP contribution in [0.1, 0.15) is 0 Å². The summed E-state index contributed by atoms with van der Waals surface area (Å²) in [7, 11) is 3.82. The molecule has 0 aliphatic carbocycles. The summed E-state index contributed by atoms with van der Waals surface area (Å²) in [6.45, 7) is 0. The van der Waals surface area contributed by atoms with Crippen LogP contribution in [0, 0.1) is 0 Å². The van der Waals surface area contributed by atoms with Gasteiger partial charge >= 0.3 is 0 Å². The van der Waals surface area contributed by atoms with Crippen molar-refractivity contribution in [3.63, 3.8) is 0 Å². The second-order valence-electron chi connectivity index (χ2n) is 4.22. The molecule has 1 N–H and O–H groups in total. The van der Waals surface area contributed by atoms with Crippen molar-refractivity contribution in [3.8, 4) is 11.3 Å². The Kier molecular flexibility index (Phi) is 2.48. The average molecular weight is 238 g/mol. The molecule has 0 saturated heterocycles. The minimum Gasteiger partial charge on any atom is -0.373 e. The van der Waals surface area contributed by atoms with Crippen LogP contribution in [0.25, 0.3) is 22.0 Å². The predicted molar refractivity (Wildman–Crippen MR) is 73.5 cm³/mol. The Morgan fingerprint density at radius 1 is 1.11 bits per heavy atom. The van der Waals surface area contributed by atoms with Crippen molar-refractivity contribution in [2.75, 3.05) is 12.4 Å². The third-order valence-electron chi connectivity index (χ3n) is 3.09. The van der Waals surface area contributed by atoms with E-state index < -0.39 is 0 Å². The highest BCUT2D eigenvalue weighted by atomic mass is 15.2. The Labute approximate surface area is 105 Å². The molecular weight excluding hydrogens is 224 g/mol. The maximum absolute atomic E-state index is 4.31. The van der Waals surface area contributed by atoms with Crippen LogP contribution in [-0.2, 0) is 7.05 Å². The molecule has 0 atom stereocenters. The minimum absolute atomic E-state index is 0.879. The van der Waals surface area contributed by atoms with Crippen molar-refractivity contribution in [1.82, 2.24) is 14.8 Å². The lowest BCUT2D eigenvalue weighted by molar-refractivity contribution is 0.776. The van der Waals surface area contributed by atoms with Gasteiger partial charge < -0.3 is 5.32 Å². The van der Waals surface area contributed by atoms with Crippen LogP contribution in [0.2, 0.25) is 0 Å². The molecule has 4 heteroatoms. The zero-order valence-corrected chi connectivity index (χ0v) is 10.4. The van der Waals surface area contributed by atoms with Gasteiger partial charge in [-0.3, -0.25) is 4.68 Å². The topological polar surface area (TPSA) is 42.7 Å². The van der Waals surface area contributed by atoms with E-state index in [9.17, 15) is 0 Å². The molecule has 0 fully saturated rings. The van der Waals surface area contributed by atoms with E-state index in [1.165, 1.54) is 5.39 Å². The summed E-state index contributed by atoms with van der Waals surface area (Å²) in [6, 6.07) is 10.4. The summed E-state index contributed by atoms with van der Waals surface area (Å²) in [4.78, 5) is 4.31. The molecule has 0 amide bonds. The van der Waals surface area contributed by atoms with Crippen molar-refractivity contribution in [2.45, 2.75) is 0 Å². The molecule has 18 heavy (non-hydrogen) atoms. The number of nitrogens with zero attached hydrogens (tertiary/aromatic N) is 3. The molecule has 1 aromatic carbocycles. The number of fused-ring (bicyclic) bond motifs is 1. The monoisotopic (exact) mass is 238 g/mol. The Morgan fingerprint density at radius 3 is 2.72 bits per heavy atom. The summed E-state index contributed by atoms with van der Waals surface area (Å²) in [5.41, 5.74) is 2.27. The number of aryl methyl sites for hydroxylation is 1. The number of anilines is 1. The summed E-state index contributed by atoms with van der Waals surface area (Å²) in [5, 5.41) is 9.57. The van der Waals surface area contributed by atoms with Crippen LogP contribution >= 0.6 is 0 Å². The van der Waals surface area contributed by atoms with E-state index in [0.29, 0.717) is 0 Å². The average Bonchev–Trinajstić information content (AvgIpc) is 2.83. The SMILES string of the molecule is CNc1cc2cc(-c3ccnn3C)ccc2cn1. The van der Waals surface area contributed by atoms with Crippen LogP contribution in [0.15, 0.2) is 42.7 Å². The Bertz CT molecular complexity index is 700. The molecule has 4 nitrogen and oxygen atoms in total. The summed E-state index contributed by atoms with van der Waals surface area (Å²) >= 11 is 0. The van der Waals surface area contributed by atoms with Crippen LogP contribution in [0.4, 0.5) is 5.82 Å². The number of benzene rings is 1. The second kappa shape index (κ2) is 4.14. The molecule has 0 unspecified atom stereocenters. The van der Waals surface area contributed by atoms with Gasteiger partial charge in [0.2, 0.25) is 0 Å². The third-order valence-corrected chi connectivity index (χ3v) is 3.09. The highest BCUT2D eigenvalue weighted by molar-refractivity contribution is 5.87. The molecule has 0 aliphatic heterocycles. The van der Waals surface area contributed by atoms with Gasteiger partial charge in [-0.25, -0.2) is 4.98 Å². The number of nitrogens with one attached hydrogen (secondary N) is 1. The first-order chi connectivity index (χ1) is 8.78. The van der Waals surface area contributed by atoms with Gasteiger partial charge in [0.25, 0.3) is 0 Å². The number of hydrogen-bond donors (Lipinski definition) is 1. The van der Waals surface area contributed by atoms with E-state index in [1.54, 1.807) is 0 Å². The van der Waals surface area contributed by atoms with Crippen molar-refractivity contribution in [3.05, 3.63) is 42.7 Å². The largest absolute Gasteiger partial charge is 0.373 e. The minimum atomic E-state index is 0.879. The number of aromatic nitrogens is 3. The third kappa shape index (κ3) is 1.72. The highest BCUT2D eigenvalue weighted by Crippen LogP contribution is 2.24. The molecule has 0 bridgehead atoms. The van der Waals surface area contributed by atoms with Gasteiger partial charge in [0, 0.05) is 37.4 Å². The van der Waals surface area contributed by atoms with Gasteiger partial charge in [-0.2, -0.15) is 5.10 Å². The van der Waals surface area contributed by atoms with E-state index in [-0.39, 0.29) is 0 Å². The smallest absolute Gasteiger partial charge is 0.126 e. The standard InChI is InChI=1S/C14H14N4/c1-15-14-8-12-7-10(3-4-11(12)9-16-14)13-5-6-17-18(13)2/h3-9H,1-2H3,(H,15,16). The lowest BCUT2D eigenvalue weighted by atomic mass is 10.1. The predicted octanol–water partition coefficient (Wildman–Crippen LogP) is 2.68. The Hall–Kier alpha value is -2.36. The fraction of sp³-hybridized carbons (Fsp3) is 0.143. The van der Waals surface area contributed by atoms with Crippen molar-refractivity contribution in [1.29, 1.82) is 0 Å². The zero-order chi connectivity index (χ0) is 12.5. The molecule has 3 aromatic rings. The Balaban J connectivity index is 2.18. The number of rotatable bonds is 2. The molecule has 0 saturated carbocycles. The first kappa shape index (κ1) is 10.8. The second-order valence-corrected chi connectivity index (χ2v) is 4.22. The van der Waals surface area contributed by atoms with Gasteiger partial charge in [-0.15, -0.1) is 0 Å². The van der Waals surface area contributed by atoms with Gasteiger partial charge in [-0.1, -0.05) is 12.1 Å². The van der Waals surface area contributed by atoms with Gasteiger partial charge in [-0.05, 0) is 23.6 Å². The van der Waals surface area contributed by atoms with Gasteiger partial charge in [0.15, 0.2) is 0 Å². The first-order valence-corrected chi connectivity index (χ1v) is 5.84. The van der Waals surface area contributed by atoms with Crippen LogP contribution < -0.4 is 5.32 Å².